The van der Waals surface area contributed by atoms with Crippen molar-refractivity contribution in [2.24, 2.45) is 5.73 Å². The molecule has 4 N–H and O–H groups in total. The van der Waals surface area contributed by atoms with Crippen LogP contribution < -0.4 is 10.5 Å². The second-order valence-electron chi connectivity index (χ2n) is 4.58. The summed E-state index contributed by atoms with van der Waals surface area (Å²) in [5, 5.41) is 8.81. The van der Waals surface area contributed by atoms with Gasteiger partial charge in [0.2, 0.25) is 0 Å². The van der Waals surface area contributed by atoms with E-state index in [1.165, 1.54) is 10.8 Å². The molecule has 0 radical (unpaired) electrons. The molecule has 2 aromatic rings. The number of rotatable bonds is 4. The average molecular weight is 404 g/mol. The summed E-state index contributed by atoms with van der Waals surface area (Å²) in [5.41, 5.74) is 0.866. The Morgan fingerprint density at radius 3 is 2.21 bits per heavy atom. The lowest BCUT2D eigenvalue weighted by Gasteiger charge is -2.10. The van der Waals surface area contributed by atoms with Crippen LogP contribution in [0.4, 0.5) is 13.2 Å². The third-order valence-corrected chi connectivity index (χ3v) is 4.12. The molecule has 0 heterocycles. The summed E-state index contributed by atoms with van der Waals surface area (Å²) in [6.45, 7) is -0.484. The molecule has 0 saturated carbocycles. The van der Waals surface area contributed by atoms with Gasteiger partial charge in [0.15, 0.2) is 0 Å². The van der Waals surface area contributed by atoms with Crippen molar-refractivity contribution in [2.75, 3.05) is 0 Å². The molecule has 0 aromatic heterocycles. The van der Waals surface area contributed by atoms with E-state index in [-0.39, 0.29) is 30.6 Å². The standard InChI is InChI=1S/C13H12F3N3O2S.2ClH/c14-13(15,16)22(20,21)19-7-8-1-2-9-3-4-10(12(17)18)6-11(9)5-8;;/h1-6,19H,7H2,(H3,17,18);2*1H. The number of nitrogen functional groups attached to an aromatic ring is 1. The zero-order chi connectivity index (χ0) is 16.5. The van der Waals surface area contributed by atoms with Gasteiger partial charge in [-0.05, 0) is 28.5 Å². The number of nitrogens with two attached hydrogens (primary N) is 1. The third kappa shape index (κ3) is 4.97. The molecule has 0 bridgehead atoms. The summed E-state index contributed by atoms with van der Waals surface area (Å²) in [4.78, 5) is 0. The van der Waals surface area contributed by atoms with Crippen LogP contribution in [-0.2, 0) is 16.6 Å². The topological polar surface area (TPSA) is 96.0 Å². The molecule has 0 unspecified atom stereocenters. The van der Waals surface area contributed by atoms with E-state index in [0.717, 1.165) is 5.39 Å². The summed E-state index contributed by atoms with van der Waals surface area (Å²) in [7, 11) is -5.37. The van der Waals surface area contributed by atoms with Crippen molar-refractivity contribution in [3.8, 4) is 0 Å². The van der Waals surface area contributed by atoms with E-state index >= 15 is 0 Å². The van der Waals surface area contributed by atoms with Crippen LogP contribution in [0.5, 0.6) is 0 Å². The largest absolute Gasteiger partial charge is 0.511 e. The first-order valence-electron chi connectivity index (χ1n) is 6.03. The fourth-order valence-electron chi connectivity index (χ4n) is 1.83. The number of amidine groups is 1. The molecule has 5 nitrogen and oxygen atoms in total. The van der Waals surface area contributed by atoms with Crippen molar-refractivity contribution in [1.82, 2.24) is 4.72 Å². The molecule has 0 aliphatic carbocycles. The van der Waals surface area contributed by atoms with Crippen LogP contribution in [0.15, 0.2) is 36.4 Å². The van der Waals surface area contributed by atoms with Crippen molar-refractivity contribution < 1.29 is 21.6 Å². The zero-order valence-electron chi connectivity index (χ0n) is 11.9. The summed E-state index contributed by atoms with van der Waals surface area (Å²) in [5.74, 6) is -0.134. The predicted molar refractivity (Wildman–Crippen MR) is 91.3 cm³/mol. The number of alkyl halides is 3. The molecular formula is C13H14Cl2F3N3O2S. The Kier molecular flexibility index (Phi) is 7.50. The van der Waals surface area contributed by atoms with E-state index < -0.39 is 22.1 Å². The average Bonchev–Trinajstić information content (AvgIpc) is 2.43. The first kappa shape index (κ1) is 22.4. The molecule has 0 spiro atoms. The van der Waals surface area contributed by atoms with E-state index in [2.05, 4.69) is 0 Å². The molecule has 2 aromatic carbocycles. The minimum Gasteiger partial charge on any atom is -0.384 e. The Labute approximate surface area is 148 Å². The number of halogens is 5. The van der Waals surface area contributed by atoms with Crippen LogP contribution in [0.1, 0.15) is 11.1 Å². The van der Waals surface area contributed by atoms with Crippen molar-refractivity contribution >= 4 is 51.4 Å². The number of nitrogens with one attached hydrogen (secondary N) is 2. The molecule has 0 saturated heterocycles. The highest BCUT2D eigenvalue weighted by molar-refractivity contribution is 7.90. The van der Waals surface area contributed by atoms with Crippen LogP contribution in [0.2, 0.25) is 0 Å². The third-order valence-electron chi connectivity index (χ3n) is 2.99. The highest BCUT2D eigenvalue weighted by Crippen LogP contribution is 2.23. The number of fused-ring (bicyclic) bond motifs is 1. The second-order valence-corrected chi connectivity index (χ2v) is 6.34. The van der Waals surface area contributed by atoms with E-state index in [1.807, 2.05) is 0 Å². The van der Waals surface area contributed by atoms with Crippen LogP contribution in [0.3, 0.4) is 0 Å². The van der Waals surface area contributed by atoms with Crippen molar-refractivity contribution in [2.45, 2.75) is 12.1 Å². The first-order chi connectivity index (χ1) is 10.1. The number of hydrogen-bond donors (Lipinski definition) is 3. The quantitative estimate of drug-likeness (QED) is 0.540. The van der Waals surface area contributed by atoms with Gasteiger partial charge in [0.25, 0.3) is 0 Å². The number of hydrogen-bond acceptors (Lipinski definition) is 3. The SMILES string of the molecule is Cl.Cl.N=C(N)c1ccc2ccc(CNS(=O)(=O)C(F)(F)F)cc2c1. The number of sulfonamides is 1. The van der Waals surface area contributed by atoms with Gasteiger partial charge in [0.1, 0.15) is 5.84 Å². The van der Waals surface area contributed by atoms with Crippen molar-refractivity contribution in [3.05, 3.63) is 47.5 Å². The van der Waals surface area contributed by atoms with Gasteiger partial charge in [-0.15, -0.1) is 24.8 Å². The van der Waals surface area contributed by atoms with Gasteiger partial charge in [-0.1, -0.05) is 24.3 Å². The first-order valence-corrected chi connectivity index (χ1v) is 7.51. The Balaban J connectivity index is 0.00000264. The Hall–Kier alpha value is -1.55. The van der Waals surface area contributed by atoms with Gasteiger partial charge in [0.05, 0.1) is 0 Å². The summed E-state index contributed by atoms with van der Waals surface area (Å²) < 4.78 is 60.1. The van der Waals surface area contributed by atoms with Gasteiger partial charge >= 0.3 is 15.5 Å². The lowest BCUT2D eigenvalue weighted by atomic mass is 10.0. The highest BCUT2D eigenvalue weighted by Gasteiger charge is 2.45. The van der Waals surface area contributed by atoms with Gasteiger partial charge in [-0.2, -0.15) is 13.2 Å². The lowest BCUT2D eigenvalue weighted by Crippen LogP contribution is -2.35. The van der Waals surface area contributed by atoms with Gasteiger partial charge < -0.3 is 5.73 Å². The van der Waals surface area contributed by atoms with Crippen LogP contribution in [0, 0.1) is 5.41 Å². The lowest BCUT2D eigenvalue weighted by molar-refractivity contribution is -0.0448. The fraction of sp³-hybridized carbons (Fsp3) is 0.154. The van der Waals surface area contributed by atoms with Crippen LogP contribution in [-0.4, -0.2) is 19.8 Å². The maximum atomic E-state index is 12.2. The molecule has 134 valence electrons. The maximum absolute atomic E-state index is 12.2. The molecule has 0 aliphatic heterocycles. The Bertz CT molecular complexity index is 842. The smallest absolute Gasteiger partial charge is 0.384 e. The summed E-state index contributed by atoms with van der Waals surface area (Å²) in [6.07, 6.45) is 0. The molecule has 24 heavy (non-hydrogen) atoms. The molecular weight excluding hydrogens is 390 g/mol. The monoisotopic (exact) mass is 403 g/mol. The highest BCUT2D eigenvalue weighted by atomic mass is 35.5. The second kappa shape index (κ2) is 8.02. The van der Waals surface area contributed by atoms with Crippen molar-refractivity contribution in [3.63, 3.8) is 0 Å². The molecule has 0 aliphatic rings. The van der Waals surface area contributed by atoms with Crippen molar-refractivity contribution in [1.29, 1.82) is 5.41 Å². The number of benzene rings is 2. The zero-order valence-corrected chi connectivity index (χ0v) is 14.4. The molecule has 11 heteroatoms. The normalized spacial score (nSPS) is 11.5. The van der Waals surface area contributed by atoms with E-state index in [1.54, 1.807) is 30.3 Å². The minimum absolute atomic E-state index is 0. The minimum atomic E-state index is -5.37. The summed E-state index contributed by atoms with van der Waals surface area (Å²) in [6, 6.07) is 9.69. The predicted octanol–water partition coefficient (Wildman–Crippen LogP) is 2.91. The molecule has 0 atom stereocenters. The maximum Gasteiger partial charge on any atom is 0.511 e. The Morgan fingerprint density at radius 2 is 1.67 bits per heavy atom. The fourth-order valence-corrected chi connectivity index (χ4v) is 2.35. The van der Waals surface area contributed by atoms with E-state index in [0.29, 0.717) is 16.5 Å². The summed E-state index contributed by atoms with van der Waals surface area (Å²) >= 11 is 0. The van der Waals surface area contributed by atoms with Gasteiger partial charge in [-0.25, -0.2) is 13.1 Å². The van der Waals surface area contributed by atoms with E-state index in [9.17, 15) is 21.6 Å². The van der Waals surface area contributed by atoms with Gasteiger partial charge in [-0.3, -0.25) is 5.41 Å². The van der Waals surface area contributed by atoms with Gasteiger partial charge in [0, 0.05) is 12.1 Å². The molecule has 0 fully saturated rings. The molecule has 2 rings (SSSR count). The van der Waals surface area contributed by atoms with Crippen LogP contribution in [0.25, 0.3) is 10.8 Å². The molecule has 0 amide bonds. The Morgan fingerprint density at radius 1 is 1.08 bits per heavy atom. The van der Waals surface area contributed by atoms with E-state index in [4.69, 9.17) is 11.1 Å². The van der Waals surface area contributed by atoms with Crippen LogP contribution >= 0.6 is 24.8 Å².